The number of sulfonamides is 1. The van der Waals surface area contributed by atoms with Gasteiger partial charge in [-0.1, -0.05) is 45.3 Å². The highest BCUT2D eigenvalue weighted by atomic mass is 35.5. The summed E-state index contributed by atoms with van der Waals surface area (Å²) in [5.41, 5.74) is 2.23. The molecule has 0 atom stereocenters. The largest absolute Gasteiger partial charge is 0.492 e. The molecular formula is C29H30ClFN4O4S3. The minimum Gasteiger partial charge on any atom is -0.492 e. The molecular weight excluding hydrogens is 619 g/mol. The lowest BCUT2D eigenvalue weighted by Crippen LogP contribution is -2.18. The molecule has 0 aliphatic carbocycles. The summed E-state index contributed by atoms with van der Waals surface area (Å²) in [6.45, 7) is 2.36. The molecule has 42 heavy (non-hydrogen) atoms. The molecule has 0 saturated carbocycles. The minimum atomic E-state index is -3.60. The summed E-state index contributed by atoms with van der Waals surface area (Å²) in [6.07, 6.45) is 2.90. The van der Waals surface area contributed by atoms with Crippen LogP contribution in [0.2, 0.25) is 5.02 Å². The molecule has 2 N–H and O–H groups in total. The van der Waals surface area contributed by atoms with Gasteiger partial charge in [0.25, 0.3) is 0 Å². The maximum Gasteiger partial charge on any atom is 0.232 e. The molecule has 3 aromatic carbocycles. The molecule has 0 unspecified atom stereocenters. The molecule has 0 spiro atoms. The predicted molar refractivity (Wildman–Crippen MR) is 171 cm³/mol. The molecule has 1 aliphatic rings. The fourth-order valence-electron chi connectivity index (χ4n) is 4.44. The van der Waals surface area contributed by atoms with Gasteiger partial charge >= 0.3 is 0 Å². The molecule has 8 nitrogen and oxygen atoms in total. The van der Waals surface area contributed by atoms with Crippen molar-refractivity contribution in [1.29, 1.82) is 0 Å². The van der Waals surface area contributed by atoms with Gasteiger partial charge in [-0.2, -0.15) is 0 Å². The van der Waals surface area contributed by atoms with Crippen LogP contribution in [-0.4, -0.2) is 42.3 Å². The van der Waals surface area contributed by atoms with E-state index < -0.39 is 10.0 Å². The zero-order chi connectivity index (χ0) is 29.5. The molecule has 1 aliphatic heterocycles. The Bertz CT molecular complexity index is 1660. The van der Waals surface area contributed by atoms with Gasteiger partial charge in [0, 0.05) is 28.6 Å². The van der Waals surface area contributed by atoms with Crippen LogP contribution < -0.4 is 19.5 Å². The zero-order valence-corrected chi connectivity index (χ0v) is 26.0. The molecule has 4 aromatic rings. The Morgan fingerprint density at radius 2 is 1.88 bits per heavy atom. The first-order valence-electron chi connectivity index (χ1n) is 13.4. The number of nitrogens with zero attached hydrogens (tertiary/aromatic N) is 2. The van der Waals surface area contributed by atoms with Gasteiger partial charge in [0.15, 0.2) is 0 Å². The van der Waals surface area contributed by atoms with Gasteiger partial charge in [-0.15, -0.1) is 0 Å². The molecule has 0 bridgehead atoms. The van der Waals surface area contributed by atoms with E-state index in [4.69, 9.17) is 21.1 Å². The highest BCUT2D eigenvalue weighted by molar-refractivity contribution is 8.77. The Morgan fingerprint density at radius 1 is 1.05 bits per heavy atom. The highest BCUT2D eigenvalue weighted by Gasteiger charge is 2.20. The third kappa shape index (κ3) is 8.12. The van der Waals surface area contributed by atoms with Gasteiger partial charge in [0.1, 0.15) is 36.1 Å². The maximum absolute atomic E-state index is 13.5. The molecule has 0 amide bonds. The van der Waals surface area contributed by atoms with Crippen molar-refractivity contribution in [3.8, 4) is 11.5 Å². The van der Waals surface area contributed by atoms with Crippen LogP contribution in [0.3, 0.4) is 0 Å². The van der Waals surface area contributed by atoms with Crippen molar-refractivity contribution in [2.45, 2.75) is 26.4 Å². The van der Waals surface area contributed by atoms with Gasteiger partial charge in [0.05, 0.1) is 28.6 Å². The second-order valence-electron chi connectivity index (χ2n) is 9.71. The summed E-state index contributed by atoms with van der Waals surface area (Å²) in [6, 6.07) is 14.7. The van der Waals surface area contributed by atoms with Crippen molar-refractivity contribution in [3.05, 3.63) is 77.3 Å². The van der Waals surface area contributed by atoms with E-state index in [2.05, 4.69) is 20.0 Å². The zero-order valence-electron chi connectivity index (χ0n) is 22.8. The average molecular weight is 649 g/mol. The lowest BCUT2D eigenvalue weighted by molar-refractivity contribution is 0.306. The topological polar surface area (TPSA) is 102 Å². The van der Waals surface area contributed by atoms with E-state index in [1.807, 2.05) is 28.5 Å². The standard InChI is InChI=1S/C29H30ClFN4O4S3/c1-2-38-28-14-25-23(13-26(28)35-42(36,37)10-4-6-20-16-40-41-17-20)29(33-18-32-25)34-22-8-9-27(24(30)12-22)39-15-19-5-3-7-21(31)11-19/h3,5,7-9,11-14,18,20,35H,2,4,6,10,15-17H2,1H3,(H,32,33,34). The molecule has 13 heteroatoms. The Morgan fingerprint density at radius 3 is 2.64 bits per heavy atom. The molecule has 2 heterocycles. The fourth-order valence-corrected chi connectivity index (χ4v) is 8.85. The van der Waals surface area contributed by atoms with E-state index in [9.17, 15) is 12.8 Å². The summed E-state index contributed by atoms with van der Waals surface area (Å²) in [5, 5.41) is 4.20. The van der Waals surface area contributed by atoms with E-state index in [-0.39, 0.29) is 18.2 Å². The number of aromatic nitrogens is 2. The Kier molecular flexibility index (Phi) is 10.2. The van der Waals surface area contributed by atoms with Crippen LogP contribution in [0, 0.1) is 11.7 Å². The van der Waals surface area contributed by atoms with E-state index >= 15 is 0 Å². The molecule has 1 fully saturated rings. The first-order valence-corrected chi connectivity index (χ1v) is 17.9. The van der Waals surface area contributed by atoms with Crippen molar-refractivity contribution < 1.29 is 22.3 Å². The van der Waals surface area contributed by atoms with Gasteiger partial charge in [-0.05, 0) is 67.6 Å². The van der Waals surface area contributed by atoms with E-state index in [1.54, 1.807) is 42.5 Å². The summed E-state index contributed by atoms with van der Waals surface area (Å²) in [7, 11) is 0.0938. The summed E-state index contributed by atoms with van der Waals surface area (Å²) < 4.78 is 53.7. The lowest BCUT2D eigenvalue weighted by Gasteiger charge is -2.16. The maximum atomic E-state index is 13.5. The number of benzene rings is 3. The second kappa shape index (κ2) is 14.0. The Balaban J connectivity index is 1.33. The third-order valence-corrected chi connectivity index (χ3v) is 10.8. The van der Waals surface area contributed by atoms with Gasteiger partial charge in [-0.3, -0.25) is 4.72 Å². The highest BCUT2D eigenvalue weighted by Crippen LogP contribution is 2.37. The SMILES string of the molecule is CCOc1cc2ncnc(Nc3ccc(OCc4cccc(F)c4)c(Cl)c3)c2cc1NS(=O)(=O)CCCC1CSSC1. The van der Waals surface area contributed by atoms with Crippen LogP contribution in [0.4, 0.5) is 21.6 Å². The lowest BCUT2D eigenvalue weighted by atomic mass is 10.1. The van der Waals surface area contributed by atoms with Crippen LogP contribution in [0.5, 0.6) is 11.5 Å². The molecule has 0 radical (unpaired) electrons. The van der Waals surface area contributed by atoms with Crippen LogP contribution in [0.25, 0.3) is 10.9 Å². The number of nitrogens with one attached hydrogen (secondary N) is 2. The number of halogens is 2. The minimum absolute atomic E-state index is 0.0327. The van der Waals surface area contributed by atoms with Crippen LogP contribution in [0.1, 0.15) is 25.3 Å². The summed E-state index contributed by atoms with van der Waals surface area (Å²) >= 11 is 6.48. The quantitative estimate of drug-likeness (QED) is 0.141. The predicted octanol–water partition coefficient (Wildman–Crippen LogP) is 7.68. The molecule has 222 valence electrons. The smallest absolute Gasteiger partial charge is 0.232 e. The second-order valence-corrected chi connectivity index (χ2v) is 14.5. The molecule has 1 saturated heterocycles. The monoisotopic (exact) mass is 648 g/mol. The number of anilines is 3. The van der Waals surface area contributed by atoms with Crippen molar-refractivity contribution in [3.63, 3.8) is 0 Å². The number of hydrogen-bond acceptors (Lipinski definition) is 9. The van der Waals surface area contributed by atoms with E-state index in [0.29, 0.717) is 69.1 Å². The number of rotatable bonds is 13. The summed E-state index contributed by atoms with van der Waals surface area (Å²) in [4.78, 5) is 8.75. The van der Waals surface area contributed by atoms with Crippen molar-refractivity contribution in [2.24, 2.45) is 5.92 Å². The van der Waals surface area contributed by atoms with Crippen LogP contribution in [0.15, 0.2) is 60.9 Å². The molecule has 5 rings (SSSR count). The summed E-state index contributed by atoms with van der Waals surface area (Å²) in [5.74, 6) is 3.71. The van der Waals surface area contributed by atoms with Gasteiger partial charge < -0.3 is 14.8 Å². The van der Waals surface area contributed by atoms with Crippen molar-refractivity contribution in [2.75, 3.05) is 33.9 Å². The number of ether oxygens (including phenoxy) is 2. The van der Waals surface area contributed by atoms with Crippen molar-refractivity contribution >= 4 is 71.3 Å². The van der Waals surface area contributed by atoms with E-state index in [0.717, 1.165) is 17.9 Å². The van der Waals surface area contributed by atoms with Gasteiger partial charge in [0.2, 0.25) is 10.0 Å². The first kappa shape index (κ1) is 30.5. The Hall–Kier alpha value is -2.93. The third-order valence-electron chi connectivity index (χ3n) is 6.50. The average Bonchev–Trinajstić information content (AvgIpc) is 3.47. The first-order chi connectivity index (χ1) is 20.3. The Labute approximate surface area is 257 Å². The number of hydrogen-bond donors (Lipinski definition) is 2. The van der Waals surface area contributed by atoms with Crippen molar-refractivity contribution in [1.82, 2.24) is 9.97 Å². The number of fused-ring (bicyclic) bond motifs is 1. The van der Waals surface area contributed by atoms with E-state index in [1.165, 1.54) is 18.5 Å². The normalized spacial score (nSPS) is 13.8. The fraction of sp³-hybridized carbons (Fsp3) is 0.310. The van der Waals surface area contributed by atoms with Crippen LogP contribution >= 0.6 is 33.2 Å². The van der Waals surface area contributed by atoms with Crippen LogP contribution in [-0.2, 0) is 16.6 Å². The molecule has 1 aromatic heterocycles. The van der Waals surface area contributed by atoms with Gasteiger partial charge in [-0.25, -0.2) is 22.8 Å².